The Hall–Kier alpha value is -1.20. The van der Waals surface area contributed by atoms with E-state index >= 15 is 0 Å². The second kappa shape index (κ2) is 8.06. The molecule has 1 saturated heterocycles. The molecule has 1 aromatic rings. The van der Waals surface area contributed by atoms with Gasteiger partial charge in [-0.3, -0.25) is 0 Å². The molecule has 0 N–H and O–H groups in total. The van der Waals surface area contributed by atoms with Crippen LogP contribution in [-0.2, 0) is 8.92 Å². The van der Waals surface area contributed by atoms with E-state index in [0.29, 0.717) is 19.1 Å². The van der Waals surface area contributed by atoms with Crippen molar-refractivity contribution in [2.45, 2.75) is 51.0 Å². The Morgan fingerprint density at radius 1 is 1.30 bits per heavy atom. The topological polar surface area (TPSA) is 38.8 Å². The SMILES string of the molecule is Cc1ccc(SOC[C@H]2CCCN(C(=O)OC(C)(C)C)C2)cc1. The van der Waals surface area contributed by atoms with Gasteiger partial charge in [0.1, 0.15) is 5.60 Å². The number of hydrogen-bond donors (Lipinski definition) is 0. The van der Waals surface area contributed by atoms with Crippen LogP contribution in [0, 0.1) is 12.8 Å². The molecule has 5 heteroatoms. The third-order valence-corrected chi connectivity index (χ3v) is 4.37. The number of benzene rings is 1. The molecule has 1 aliphatic heterocycles. The molecule has 1 heterocycles. The molecule has 1 amide bonds. The number of aryl methyl sites for hydroxylation is 1. The van der Waals surface area contributed by atoms with Crippen LogP contribution in [0.15, 0.2) is 29.2 Å². The van der Waals surface area contributed by atoms with Crippen molar-refractivity contribution >= 4 is 18.1 Å². The molecule has 0 bridgehead atoms. The van der Waals surface area contributed by atoms with Crippen molar-refractivity contribution in [1.82, 2.24) is 4.90 Å². The Morgan fingerprint density at radius 2 is 2.00 bits per heavy atom. The van der Waals surface area contributed by atoms with Gasteiger partial charge in [-0.1, -0.05) is 17.7 Å². The molecule has 4 nitrogen and oxygen atoms in total. The Morgan fingerprint density at radius 3 is 2.65 bits per heavy atom. The van der Waals surface area contributed by atoms with Crippen LogP contribution >= 0.6 is 12.0 Å². The number of likely N-dealkylation sites (tertiary alicyclic amines) is 1. The molecule has 0 aromatic heterocycles. The van der Waals surface area contributed by atoms with Gasteiger partial charge < -0.3 is 13.8 Å². The van der Waals surface area contributed by atoms with E-state index in [1.54, 1.807) is 4.90 Å². The summed E-state index contributed by atoms with van der Waals surface area (Å²) in [5, 5.41) is 0. The summed E-state index contributed by atoms with van der Waals surface area (Å²) in [6, 6.07) is 8.29. The highest BCUT2D eigenvalue weighted by Gasteiger charge is 2.27. The highest BCUT2D eigenvalue weighted by molar-refractivity contribution is 7.94. The van der Waals surface area contributed by atoms with Gasteiger partial charge in [0, 0.05) is 35.9 Å². The number of rotatable bonds is 4. The molecular formula is C18H27NO3S. The highest BCUT2D eigenvalue weighted by Crippen LogP contribution is 2.24. The number of carbonyl (C=O) groups excluding carboxylic acids is 1. The Bertz CT molecular complexity index is 510. The largest absolute Gasteiger partial charge is 0.444 e. The standard InChI is InChI=1S/C18H27NO3S/c1-14-7-9-16(10-8-14)23-21-13-15-6-5-11-19(12-15)17(20)22-18(2,3)4/h7-10,15H,5-6,11-13H2,1-4H3/t15-/m0/s1. The van der Waals surface area contributed by atoms with Gasteiger partial charge in [0.25, 0.3) is 0 Å². The fourth-order valence-corrected chi connectivity index (χ4v) is 3.13. The molecule has 128 valence electrons. The van der Waals surface area contributed by atoms with E-state index in [4.69, 9.17) is 8.92 Å². The summed E-state index contributed by atoms with van der Waals surface area (Å²) in [6.07, 6.45) is 1.88. The first kappa shape index (κ1) is 18.1. The van der Waals surface area contributed by atoms with Gasteiger partial charge >= 0.3 is 6.09 Å². The van der Waals surface area contributed by atoms with Crippen molar-refractivity contribution in [1.29, 1.82) is 0 Å². The molecule has 1 atom stereocenters. The van der Waals surface area contributed by atoms with Crippen LogP contribution in [-0.4, -0.2) is 36.3 Å². The molecule has 1 aliphatic rings. The lowest BCUT2D eigenvalue weighted by atomic mass is 9.99. The van der Waals surface area contributed by atoms with E-state index in [1.165, 1.54) is 17.6 Å². The lowest BCUT2D eigenvalue weighted by Gasteiger charge is -2.33. The summed E-state index contributed by atoms with van der Waals surface area (Å²) in [5.74, 6) is 0.370. The quantitative estimate of drug-likeness (QED) is 0.749. The Labute approximate surface area is 143 Å². The van der Waals surface area contributed by atoms with Crippen LogP contribution in [0.3, 0.4) is 0 Å². The normalized spacial score (nSPS) is 18.8. The van der Waals surface area contributed by atoms with Crippen LogP contribution in [0.5, 0.6) is 0 Å². The zero-order valence-electron chi connectivity index (χ0n) is 14.5. The first-order valence-corrected chi connectivity index (χ1v) is 8.92. The summed E-state index contributed by atoms with van der Waals surface area (Å²) >= 11 is 1.41. The van der Waals surface area contributed by atoms with E-state index in [0.717, 1.165) is 24.3 Å². The van der Waals surface area contributed by atoms with Crippen LogP contribution in [0.4, 0.5) is 4.79 Å². The number of hydrogen-bond acceptors (Lipinski definition) is 4. The van der Waals surface area contributed by atoms with Gasteiger partial charge in [-0.15, -0.1) is 0 Å². The monoisotopic (exact) mass is 337 g/mol. The third-order valence-electron chi connectivity index (χ3n) is 3.65. The number of nitrogens with zero attached hydrogens (tertiary/aromatic N) is 1. The molecule has 0 unspecified atom stereocenters. The fourth-order valence-electron chi connectivity index (χ4n) is 2.49. The summed E-state index contributed by atoms with van der Waals surface area (Å²) in [5.41, 5.74) is 0.802. The number of piperidine rings is 1. The predicted molar refractivity (Wildman–Crippen MR) is 93.5 cm³/mol. The van der Waals surface area contributed by atoms with Crippen molar-refractivity contribution < 1.29 is 13.7 Å². The molecule has 0 radical (unpaired) electrons. The first-order chi connectivity index (χ1) is 10.8. The van der Waals surface area contributed by atoms with E-state index in [-0.39, 0.29) is 6.09 Å². The second-order valence-corrected chi connectivity index (χ2v) is 7.99. The summed E-state index contributed by atoms with van der Waals surface area (Å²) < 4.78 is 11.2. The van der Waals surface area contributed by atoms with Gasteiger partial charge in [0.15, 0.2) is 0 Å². The smallest absolute Gasteiger partial charge is 0.410 e. The predicted octanol–water partition coefficient (Wildman–Crippen LogP) is 4.67. The molecular weight excluding hydrogens is 310 g/mol. The molecule has 1 aromatic carbocycles. The van der Waals surface area contributed by atoms with Gasteiger partial charge in [0.2, 0.25) is 0 Å². The fraction of sp³-hybridized carbons (Fsp3) is 0.611. The van der Waals surface area contributed by atoms with Gasteiger partial charge in [-0.2, -0.15) is 0 Å². The van der Waals surface area contributed by atoms with Crippen molar-refractivity contribution in [3.05, 3.63) is 29.8 Å². The third kappa shape index (κ3) is 6.43. The van der Waals surface area contributed by atoms with Crippen molar-refractivity contribution in [3.63, 3.8) is 0 Å². The Balaban J connectivity index is 1.75. The number of amides is 1. The Kier molecular flexibility index (Phi) is 6.36. The average molecular weight is 337 g/mol. The van der Waals surface area contributed by atoms with Gasteiger partial charge in [-0.05, 0) is 52.7 Å². The molecule has 0 spiro atoms. The summed E-state index contributed by atoms with van der Waals surface area (Å²) in [4.78, 5) is 15.1. The lowest BCUT2D eigenvalue weighted by Crippen LogP contribution is -2.43. The zero-order chi connectivity index (χ0) is 16.9. The van der Waals surface area contributed by atoms with E-state index in [9.17, 15) is 4.79 Å². The van der Waals surface area contributed by atoms with Crippen LogP contribution in [0.25, 0.3) is 0 Å². The lowest BCUT2D eigenvalue weighted by molar-refractivity contribution is 0.0144. The van der Waals surface area contributed by atoms with Crippen LogP contribution < -0.4 is 0 Å². The average Bonchev–Trinajstić information content (AvgIpc) is 2.48. The maximum atomic E-state index is 12.1. The number of ether oxygens (including phenoxy) is 1. The van der Waals surface area contributed by atoms with E-state index in [2.05, 4.69) is 31.2 Å². The molecule has 1 fully saturated rings. The van der Waals surface area contributed by atoms with Gasteiger partial charge in [-0.25, -0.2) is 4.79 Å². The van der Waals surface area contributed by atoms with E-state index < -0.39 is 5.60 Å². The molecule has 23 heavy (non-hydrogen) atoms. The molecule has 0 aliphatic carbocycles. The van der Waals surface area contributed by atoms with E-state index in [1.807, 2.05) is 20.8 Å². The summed E-state index contributed by atoms with van der Waals surface area (Å²) in [7, 11) is 0. The highest BCUT2D eigenvalue weighted by atomic mass is 32.2. The minimum absolute atomic E-state index is 0.214. The van der Waals surface area contributed by atoms with Crippen LogP contribution in [0.1, 0.15) is 39.2 Å². The van der Waals surface area contributed by atoms with Crippen molar-refractivity contribution in [3.8, 4) is 0 Å². The van der Waals surface area contributed by atoms with Crippen molar-refractivity contribution in [2.24, 2.45) is 5.92 Å². The molecule has 0 saturated carbocycles. The minimum atomic E-state index is -0.443. The van der Waals surface area contributed by atoms with Gasteiger partial charge in [0.05, 0.1) is 6.61 Å². The minimum Gasteiger partial charge on any atom is -0.444 e. The summed E-state index contributed by atoms with van der Waals surface area (Å²) in [6.45, 7) is 9.90. The van der Waals surface area contributed by atoms with Crippen LogP contribution in [0.2, 0.25) is 0 Å². The molecule has 2 rings (SSSR count). The zero-order valence-corrected chi connectivity index (χ0v) is 15.3. The van der Waals surface area contributed by atoms with Crippen molar-refractivity contribution in [2.75, 3.05) is 19.7 Å². The maximum absolute atomic E-state index is 12.1. The maximum Gasteiger partial charge on any atom is 0.410 e. The number of carbonyl (C=O) groups is 1. The first-order valence-electron chi connectivity index (χ1n) is 8.17. The second-order valence-electron chi connectivity index (χ2n) is 7.12.